The summed E-state index contributed by atoms with van der Waals surface area (Å²) in [6.45, 7) is 7.37. The molecule has 120 valence electrons. The number of rotatable bonds is 4. The maximum atomic E-state index is 13.3. The smallest absolute Gasteiger partial charge is 0.156 e. The van der Waals surface area contributed by atoms with Crippen molar-refractivity contribution >= 4 is 5.78 Å². The van der Waals surface area contributed by atoms with E-state index in [2.05, 4.69) is 18.7 Å². The molecule has 1 aliphatic carbocycles. The lowest BCUT2D eigenvalue weighted by Crippen LogP contribution is -2.58. The number of Topliss-reactive ketones (excluding diaryl/α,β-unsaturated/α-hetero) is 1. The highest BCUT2D eigenvalue weighted by atomic mass is 16.5. The first-order chi connectivity index (χ1) is 10.1. The third kappa shape index (κ3) is 2.79. The van der Waals surface area contributed by atoms with E-state index in [0.717, 1.165) is 39.0 Å². The minimum atomic E-state index is -0.243. The van der Waals surface area contributed by atoms with Crippen LogP contribution >= 0.6 is 0 Å². The quantitative estimate of drug-likeness (QED) is 0.794. The van der Waals surface area contributed by atoms with E-state index in [1.807, 2.05) is 0 Å². The molecule has 2 saturated heterocycles. The highest BCUT2D eigenvalue weighted by Gasteiger charge is 2.48. The van der Waals surface area contributed by atoms with Gasteiger partial charge in [0.1, 0.15) is 0 Å². The molecule has 3 nitrogen and oxygen atoms in total. The molecule has 1 saturated carbocycles. The number of piperidine rings is 1. The van der Waals surface area contributed by atoms with Gasteiger partial charge in [-0.15, -0.1) is 0 Å². The van der Waals surface area contributed by atoms with Crippen molar-refractivity contribution < 1.29 is 9.53 Å². The van der Waals surface area contributed by atoms with E-state index in [9.17, 15) is 4.79 Å². The third-order valence-corrected chi connectivity index (χ3v) is 6.40. The van der Waals surface area contributed by atoms with Gasteiger partial charge in [-0.3, -0.25) is 9.69 Å². The molecule has 3 fully saturated rings. The molecule has 2 aliphatic heterocycles. The van der Waals surface area contributed by atoms with Gasteiger partial charge in [-0.1, -0.05) is 13.3 Å². The zero-order valence-electron chi connectivity index (χ0n) is 13.8. The van der Waals surface area contributed by atoms with Crippen LogP contribution in [0.3, 0.4) is 0 Å². The summed E-state index contributed by atoms with van der Waals surface area (Å²) in [6, 6.07) is 0. The fourth-order valence-corrected chi connectivity index (χ4v) is 4.55. The summed E-state index contributed by atoms with van der Waals surface area (Å²) < 4.78 is 6.01. The van der Waals surface area contributed by atoms with Crippen molar-refractivity contribution in [2.45, 2.75) is 82.8 Å². The Hall–Kier alpha value is -0.410. The summed E-state index contributed by atoms with van der Waals surface area (Å²) >= 11 is 0. The second-order valence-electron chi connectivity index (χ2n) is 7.61. The largest absolute Gasteiger partial charge is 0.375 e. The Kier molecular flexibility index (Phi) is 4.42. The van der Waals surface area contributed by atoms with Gasteiger partial charge in [-0.05, 0) is 71.4 Å². The van der Waals surface area contributed by atoms with Crippen LogP contribution in [0.4, 0.5) is 0 Å². The van der Waals surface area contributed by atoms with Crippen LogP contribution in [0.1, 0.15) is 71.6 Å². The summed E-state index contributed by atoms with van der Waals surface area (Å²) in [5, 5.41) is 0. The molecule has 0 aromatic carbocycles. The molecule has 3 heteroatoms. The fourth-order valence-electron chi connectivity index (χ4n) is 4.55. The predicted octanol–water partition coefficient (Wildman–Crippen LogP) is 3.56. The topological polar surface area (TPSA) is 29.5 Å². The van der Waals surface area contributed by atoms with Crippen LogP contribution < -0.4 is 0 Å². The molecule has 3 rings (SSSR count). The van der Waals surface area contributed by atoms with Crippen molar-refractivity contribution in [1.29, 1.82) is 0 Å². The number of nitrogens with zero attached hydrogens (tertiary/aromatic N) is 1. The molecule has 1 spiro atoms. The lowest BCUT2D eigenvalue weighted by Gasteiger charge is -2.49. The molecule has 0 amide bonds. The second kappa shape index (κ2) is 6.00. The van der Waals surface area contributed by atoms with Crippen LogP contribution in [-0.2, 0) is 9.53 Å². The van der Waals surface area contributed by atoms with Crippen molar-refractivity contribution in [1.82, 2.24) is 4.90 Å². The molecular formula is C18H31NO2. The van der Waals surface area contributed by atoms with Crippen molar-refractivity contribution in [2.24, 2.45) is 5.92 Å². The Morgan fingerprint density at radius 1 is 1.24 bits per heavy atom. The molecule has 21 heavy (non-hydrogen) atoms. The third-order valence-electron chi connectivity index (χ3n) is 6.40. The van der Waals surface area contributed by atoms with Gasteiger partial charge < -0.3 is 4.74 Å². The van der Waals surface area contributed by atoms with E-state index in [-0.39, 0.29) is 17.1 Å². The van der Waals surface area contributed by atoms with E-state index in [0.29, 0.717) is 5.78 Å². The van der Waals surface area contributed by atoms with Gasteiger partial charge in [0.15, 0.2) is 5.78 Å². The minimum absolute atomic E-state index is 0.0785. The molecule has 2 unspecified atom stereocenters. The van der Waals surface area contributed by atoms with Gasteiger partial charge in [-0.2, -0.15) is 0 Å². The molecule has 0 bridgehead atoms. The van der Waals surface area contributed by atoms with Crippen LogP contribution in [0.5, 0.6) is 0 Å². The maximum absolute atomic E-state index is 13.3. The summed E-state index contributed by atoms with van der Waals surface area (Å²) in [5.41, 5.74) is -0.164. The Labute approximate surface area is 129 Å². The average Bonchev–Trinajstić information content (AvgIpc) is 2.53. The van der Waals surface area contributed by atoms with E-state index in [1.54, 1.807) is 0 Å². The summed E-state index contributed by atoms with van der Waals surface area (Å²) in [5.74, 6) is 0.729. The number of hydrogen-bond donors (Lipinski definition) is 0. The summed E-state index contributed by atoms with van der Waals surface area (Å²) in [4.78, 5) is 15.8. The number of carbonyl (C=O) groups is 1. The molecule has 0 aromatic rings. The zero-order chi connectivity index (χ0) is 14.9. The Bertz CT molecular complexity index is 385. The fraction of sp³-hybridized carbons (Fsp3) is 0.944. The summed E-state index contributed by atoms with van der Waals surface area (Å²) in [6.07, 6.45) is 10.3. The monoisotopic (exact) mass is 293 g/mol. The Morgan fingerprint density at radius 3 is 2.52 bits per heavy atom. The van der Waals surface area contributed by atoms with Gasteiger partial charge in [0.05, 0.1) is 11.1 Å². The normalized spacial score (nSPS) is 32.4. The van der Waals surface area contributed by atoms with Gasteiger partial charge in [0, 0.05) is 12.5 Å². The van der Waals surface area contributed by atoms with Crippen LogP contribution in [-0.4, -0.2) is 41.5 Å². The van der Waals surface area contributed by atoms with E-state index >= 15 is 0 Å². The average molecular weight is 293 g/mol. The van der Waals surface area contributed by atoms with Crippen molar-refractivity contribution in [3.63, 3.8) is 0 Å². The molecule has 0 radical (unpaired) electrons. The van der Waals surface area contributed by atoms with Gasteiger partial charge >= 0.3 is 0 Å². The molecule has 0 aromatic heterocycles. The standard InChI is InChI=1S/C18H31NO2/c1-3-17(2,19-11-5-4-6-12-19)16(20)15-8-13-21-18(14-15)9-7-10-18/h15H,3-14H2,1-2H3. The first-order valence-corrected chi connectivity index (χ1v) is 9.03. The molecule has 0 N–H and O–H groups in total. The number of likely N-dealkylation sites (tertiary alicyclic amines) is 1. The SMILES string of the molecule is CCC(C)(C(=O)C1CCOC2(CCC2)C1)N1CCCCC1. The van der Waals surface area contributed by atoms with Crippen LogP contribution in [0.15, 0.2) is 0 Å². The van der Waals surface area contributed by atoms with Crippen molar-refractivity contribution in [2.75, 3.05) is 19.7 Å². The highest BCUT2D eigenvalue weighted by molar-refractivity contribution is 5.90. The first-order valence-electron chi connectivity index (χ1n) is 9.03. The maximum Gasteiger partial charge on any atom is 0.156 e. The van der Waals surface area contributed by atoms with E-state index in [1.165, 1.54) is 38.5 Å². The van der Waals surface area contributed by atoms with Crippen LogP contribution in [0.25, 0.3) is 0 Å². The van der Waals surface area contributed by atoms with Gasteiger partial charge in [0.25, 0.3) is 0 Å². The van der Waals surface area contributed by atoms with E-state index < -0.39 is 0 Å². The number of carbonyl (C=O) groups excluding carboxylic acids is 1. The zero-order valence-corrected chi connectivity index (χ0v) is 13.8. The first kappa shape index (κ1) is 15.5. The minimum Gasteiger partial charge on any atom is -0.375 e. The highest BCUT2D eigenvalue weighted by Crippen LogP contribution is 2.45. The number of ether oxygens (including phenoxy) is 1. The molecule has 2 atom stereocenters. The van der Waals surface area contributed by atoms with Crippen LogP contribution in [0.2, 0.25) is 0 Å². The van der Waals surface area contributed by atoms with Crippen molar-refractivity contribution in [3.8, 4) is 0 Å². The molecule has 3 aliphatic rings. The lowest BCUT2D eigenvalue weighted by atomic mass is 9.68. The van der Waals surface area contributed by atoms with Gasteiger partial charge in [0.2, 0.25) is 0 Å². The van der Waals surface area contributed by atoms with Gasteiger partial charge in [-0.25, -0.2) is 0 Å². The number of ketones is 1. The summed E-state index contributed by atoms with van der Waals surface area (Å²) in [7, 11) is 0. The second-order valence-corrected chi connectivity index (χ2v) is 7.61. The van der Waals surface area contributed by atoms with Crippen LogP contribution in [0, 0.1) is 5.92 Å². The van der Waals surface area contributed by atoms with Crippen molar-refractivity contribution in [3.05, 3.63) is 0 Å². The molecular weight excluding hydrogens is 262 g/mol. The van der Waals surface area contributed by atoms with E-state index in [4.69, 9.17) is 4.74 Å². The Balaban J connectivity index is 1.71. The molecule has 2 heterocycles. The number of hydrogen-bond acceptors (Lipinski definition) is 3. The lowest BCUT2D eigenvalue weighted by molar-refractivity contribution is -0.162. The Morgan fingerprint density at radius 2 is 1.95 bits per heavy atom. The predicted molar refractivity (Wildman–Crippen MR) is 84.4 cm³/mol.